The zero-order chi connectivity index (χ0) is 14.8. The second kappa shape index (κ2) is 9.47. The van der Waals surface area contributed by atoms with E-state index in [1.54, 1.807) is 0 Å². The van der Waals surface area contributed by atoms with Crippen LogP contribution in [0.15, 0.2) is 16.6 Å². The Morgan fingerprint density at radius 3 is 2.39 bits per heavy atom. The van der Waals surface area contributed by atoms with Gasteiger partial charge in [0.15, 0.2) is 0 Å². The van der Waals surface area contributed by atoms with Crippen molar-refractivity contribution in [2.45, 2.75) is 38.6 Å². The average molecular weight is 426 g/mol. The van der Waals surface area contributed by atoms with Crippen LogP contribution in [0.4, 0.5) is 0 Å². The number of phenols is 1. The molecule has 2 N–H and O–H groups in total. The van der Waals surface area contributed by atoms with E-state index in [0.717, 1.165) is 41.8 Å². The van der Waals surface area contributed by atoms with Crippen molar-refractivity contribution < 1.29 is 5.11 Å². The van der Waals surface area contributed by atoms with Gasteiger partial charge >= 0.3 is 0 Å². The highest BCUT2D eigenvalue weighted by atomic mass is 79.9. The summed E-state index contributed by atoms with van der Waals surface area (Å²) >= 11 is 3.61. The molecule has 1 atom stereocenters. The minimum atomic E-state index is 0. The van der Waals surface area contributed by atoms with E-state index in [1.807, 2.05) is 13.0 Å². The van der Waals surface area contributed by atoms with Crippen molar-refractivity contribution in [1.82, 2.24) is 10.2 Å². The fourth-order valence-electron chi connectivity index (χ4n) is 3.97. The van der Waals surface area contributed by atoms with Crippen molar-refractivity contribution in [2.75, 3.05) is 26.2 Å². The maximum atomic E-state index is 10.6. The fourth-order valence-corrected chi connectivity index (χ4v) is 4.56. The Kier molecular flexibility index (Phi) is 8.67. The van der Waals surface area contributed by atoms with Gasteiger partial charge in [0.1, 0.15) is 5.75 Å². The van der Waals surface area contributed by atoms with Crippen LogP contribution in [0.25, 0.3) is 0 Å². The van der Waals surface area contributed by atoms with E-state index in [2.05, 4.69) is 32.2 Å². The van der Waals surface area contributed by atoms with E-state index in [9.17, 15) is 5.11 Å². The predicted molar refractivity (Wildman–Crippen MR) is 104 cm³/mol. The van der Waals surface area contributed by atoms with E-state index in [-0.39, 0.29) is 24.8 Å². The largest absolute Gasteiger partial charge is 0.507 e. The SMILES string of the molecule is Cc1cc(Br)cc([C@H](C2CCCC2)N2CCNCC2)c1O.Cl.Cl. The Balaban J connectivity index is 0.00000132. The van der Waals surface area contributed by atoms with Gasteiger partial charge in [-0.2, -0.15) is 0 Å². The molecule has 0 unspecified atom stereocenters. The number of hydrogen-bond acceptors (Lipinski definition) is 3. The minimum Gasteiger partial charge on any atom is -0.507 e. The van der Waals surface area contributed by atoms with Gasteiger partial charge in [-0.3, -0.25) is 4.90 Å². The Hall–Kier alpha value is -0.000000000000000111. The van der Waals surface area contributed by atoms with Gasteiger partial charge in [0, 0.05) is 42.3 Å². The standard InChI is InChI=1S/C17H25BrN2O.2ClH/c1-12-10-14(18)11-15(17(12)21)16(13-4-2-3-5-13)20-8-6-19-7-9-20;;/h10-11,13,16,19,21H,2-9H2,1H3;2*1H/t16-;;/m0../s1. The van der Waals surface area contributed by atoms with Gasteiger partial charge < -0.3 is 10.4 Å². The summed E-state index contributed by atoms with van der Waals surface area (Å²) in [6, 6.07) is 4.50. The van der Waals surface area contributed by atoms with E-state index in [4.69, 9.17) is 0 Å². The number of nitrogens with one attached hydrogen (secondary N) is 1. The molecule has 1 aliphatic carbocycles. The normalized spacial score (nSPS) is 20.6. The summed E-state index contributed by atoms with van der Waals surface area (Å²) in [6.45, 7) is 6.25. The molecule has 0 spiro atoms. The molecule has 132 valence electrons. The van der Waals surface area contributed by atoms with Gasteiger partial charge in [-0.15, -0.1) is 24.8 Å². The van der Waals surface area contributed by atoms with E-state index >= 15 is 0 Å². The highest BCUT2D eigenvalue weighted by molar-refractivity contribution is 9.10. The summed E-state index contributed by atoms with van der Waals surface area (Å²) in [5, 5.41) is 14.1. The fraction of sp³-hybridized carbons (Fsp3) is 0.647. The van der Waals surface area contributed by atoms with Gasteiger partial charge in [0.05, 0.1) is 0 Å². The molecule has 1 heterocycles. The van der Waals surface area contributed by atoms with Crippen LogP contribution >= 0.6 is 40.7 Å². The number of nitrogens with zero attached hydrogens (tertiary/aromatic N) is 1. The minimum absolute atomic E-state index is 0. The predicted octanol–water partition coefficient (Wildman–Crippen LogP) is 4.44. The second-order valence-corrected chi connectivity index (χ2v) is 7.35. The number of benzene rings is 1. The first-order valence-corrected chi connectivity index (χ1v) is 8.90. The topological polar surface area (TPSA) is 35.5 Å². The number of halogens is 3. The molecule has 1 saturated carbocycles. The average Bonchev–Trinajstić information content (AvgIpc) is 2.99. The van der Waals surface area contributed by atoms with Crippen LogP contribution in [0.5, 0.6) is 5.75 Å². The first-order valence-electron chi connectivity index (χ1n) is 8.10. The zero-order valence-corrected chi connectivity index (χ0v) is 16.8. The lowest BCUT2D eigenvalue weighted by atomic mass is 9.88. The number of aryl methyl sites for hydroxylation is 1. The van der Waals surface area contributed by atoms with Crippen molar-refractivity contribution in [3.05, 3.63) is 27.7 Å². The maximum absolute atomic E-state index is 10.6. The number of piperazine rings is 1. The number of hydrogen-bond donors (Lipinski definition) is 2. The number of aromatic hydroxyl groups is 1. The van der Waals surface area contributed by atoms with Crippen LogP contribution in [-0.4, -0.2) is 36.2 Å². The molecule has 0 radical (unpaired) electrons. The Morgan fingerprint density at radius 1 is 1.17 bits per heavy atom. The van der Waals surface area contributed by atoms with E-state index < -0.39 is 0 Å². The summed E-state index contributed by atoms with van der Waals surface area (Å²) in [7, 11) is 0. The van der Waals surface area contributed by atoms with Gasteiger partial charge in [-0.25, -0.2) is 0 Å². The van der Waals surface area contributed by atoms with Gasteiger partial charge in [-0.1, -0.05) is 28.8 Å². The summed E-state index contributed by atoms with van der Waals surface area (Å²) in [6.07, 6.45) is 5.25. The molecular formula is C17H27BrCl2N2O. The van der Waals surface area contributed by atoms with Crippen LogP contribution in [0.1, 0.15) is 42.9 Å². The second-order valence-electron chi connectivity index (χ2n) is 6.44. The van der Waals surface area contributed by atoms with Crippen molar-refractivity contribution in [2.24, 2.45) is 5.92 Å². The molecular weight excluding hydrogens is 399 g/mol. The quantitative estimate of drug-likeness (QED) is 0.751. The lowest BCUT2D eigenvalue weighted by Gasteiger charge is -2.39. The molecule has 1 aromatic carbocycles. The third kappa shape index (κ3) is 4.76. The van der Waals surface area contributed by atoms with Crippen LogP contribution in [0.2, 0.25) is 0 Å². The lowest BCUT2D eigenvalue weighted by Crippen LogP contribution is -2.46. The Bertz CT molecular complexity index is 504. The summed E-state index contributed by atoms with van der Waals surface area (Å²) in [4.78, 5) is 2.58. The molecule has 23 heavy (non-hydrogen) atoms. The van der Waals surface area contributed by atoms with Crippen LogP contribution in [0, 0.1) is 12.8 Å². The molecule has 0 amide bonds. The van der Waals surface area contributed by atoms with Gasteiger partial charge in [0.25, 0.3) is 0 Å². The first kappa shape index (κ1) is 21.0. The van der Waals surface area contributed by atoms with E-state index in [1.165, 1.54) is 25.7 Å². The Morgan fingerprint density at radius 2 is 1.78 bits per heavy atom. The summed E-state index contributed by atoms with van der Waals surface area (Å²) < 4.78 is 1.07. The van der Waals surface area contributed by atoms with Crippen molar-refractivity contribution in [3.63, 3.8) is 0 Å². The maximum Gasteiger partial charge on any atom is 0.123 e. The highest BCUT2D eigenvalue weighted by Crippen LogP contribution is 2.44. The lowest BCUT2D eigenvalue weighted by molar-refractivity contribution is 0.123. The molecule has 1 aromatic rings. The molecule has 1 saturated heterocycles. The van der Waals surface area contributed by atoms with Gasteiger partial charge in [-0.05, 0) is 43.4 Å². The van der Waals surface area contributed by atoms with Crippen molar-refractivity contribution >= 4 is 40.7 Å². The molecule has 0 aromatic heterocycles. The van der Waals surface area contributed by atoms with Crippen molar-refractivity contribution in [1.29, 1.82) is 0 Å². The van der Waals surface area contributed by atoms with Crippen LogP contribution in [0.3, 0.4) is 0 Å². The zero-order valence-electron chi connectivity index (χ0n) is 13.6. The number of phenolic OH excluding ortho intramolecular Hbond substituents is 1. The molecule has 2 aliphatic rings. The van der Waals surface area contributed by atoms with Crippen molar-refractivity contribution in [3.8, 4) is 5.75 Å². The highest BCUT2D eigenvalue weighted by Gasteiger charge is 2.33. The summed E-state index contributed by atoms with van der Waals surface area (Å²) in [5.41, 5.74) is 2.09. The molecule has 0 bridgehead atoms. The number of rotatable bonds is 3. The van der Waals surface area contributed by atoms with Crippen LogP contribution in [-0.2, 0) is 0 Å². The smallest absolute Gasteiger partial charge is 0.123 e. The van der Waals surface area contributed by atoms with Crippen LogP contribution < -0.4 is 5.32 Å². The van der Waals surface area contributed by atoms with Gasteiger partial charge in [0.2, 0.25) is 0 Å². The molecule has 2 fully saturated rings. The molecule has 3 rings (SSSR count). The summed E-state index contributed by atoms with van der Waals surface area (Å²) in [5.74, 6) is 1.18. The van der Waals surface area contributed by atoms with E-state index in [0.29, 0.717) is 17.7 Å². The molecule has 3 nitrogen and oxygen atoms in total. The first-order chi connectivity index (χ1) is 10.2. The third-order valence-corrected chi connectivity index (χ3v) is 5.46. The molecule has 1 aliphatic heterocycles. The Labute approximate surface area is 160 Å². The molecule has 6 heteroatoms. The third-order valence-electron chi connectivity index (χ3n) is 5.00. The monoisotopic (exact) mass is 424 g/mol.